The molecule has 0 spiro atoms. The Bertz CT molecular complexity index is 914. The molecule has 0 saturated carbocycles. The van der Waals surface area contributed by atoms with E-state index in [-0.39, 0.29) is 29.6 Å². The van der Waals surface area contributed by atoms with Crippen LogP contribution in [0, 0.1) is 5.21 Å². The molecule has 0 atom stereocenters. The molecule has 1 aliphatic heterocycles. The molecule has 3 rings (SSSR count). The monoisotopic (exact) mass is 427 g/mol. The second kappa shape index (κ2) is 8.47. The molecule has 0 radical (unpaired) electrons. The van der Waals surface area contributed by atoms with Crippen molar-refractivity contribution in [3.8, 4) is 0 Å². The van der Waals surface area contributed by atoms with Crippen LogP contribution >= 0.6 is 23.4 Å². The number of piperazine rings is 1. The van der Waals surface area contributed by atoms with E-state index in [1.54, 1.807) is 23.1 Å². The molecule has 2 aromatic rings. The number of hydrogen-bond donors (Lipinski definition) is 0. The zero-order valence-corrected chi connectivity index (χ0v) is 16.7. The lowest BCUT2D eigenvalue weighted by molar-refractivity contribution is -0.645. The normalized spacial score (nSPS) is 15.7. The first kappa shape index (κ1) is 19.9. The van der Waals surface area contributed by atoms with Crippen molar-refractivity contribution in [3.63, 3.8) is 0 Å². The van der Waals surface area contributed by atoms with Gasteiger partial charge in [0, 0.05) is 43.3 Å². The van der Waals surface area contributed by atoms with Crippen LogP contribution in [0.15, 0.2) is 58.6 Å². The van der Waals surface area contributed by atoms with Crippen LogP contribution < -0.4 is 4.73 Å². The largest absolute Gasteiger partial charge is 0.618 e. The molecule has 1 aliphatic rings. The third kappa shape index (κ3) is 4.73. The number of amides is 1. The molecule has 7 nitrogen and oxygen atoms in total. The first-order chi connectivity index (χ1) is 12.9. The molecule has 0 unspecified atom stereocenters. The van der Waals surface area contributed by atoms with Gasteiger partial charge in [-0.15, -0.1) is 0 Å². The van der Waals surface area contributed by atoms with Crippen molar-refractivity contribution in [3.05, 3.63) is 58.9 Å². The smallest absolute Gasteiger partial charge is 0.251 e. The van der Waals surface area contributed by atoms with E-state index in [1.165, 1.54) is 46.5 Å². The quantitative estimate of drug-likeness (QED) is 0.411. The lowest BCUT2D eigenvalue weighted by atomic mass is 10.3. The fourth-order valence-electron chi connectivity index (χ4n) is 2.68. The molecule has 10 heteroatoms. The molecule has 0 aliphatic carbocycles. The first-order valence-corrected chi connectivity index (χ1v) is 11.0. The average Bonchev–Trinajstić information content (AvgIpc) is 2.67. The lowest BCUT2D eigenvalue weighted by Gasteiger charge is -2.34. The minimum Gasteiger partial charge on any atom is -0.618 e. The number of carbonyl (C=O) groups excluding carboxylic acids is 1. The topological polar surface area (TPSA) is 84.6 Å². The zero-order valence-electron chi connectivity index (χ0n) is 14.3. The van der Waals surface area contributed by atoms with Crippen LogP contribution in [0.4, 0.5) is 0 Å². The van der Waals surface area contributed by atoms with Gasteiger partial charge in [-0.3, -0.25) is 4.79 Å². The average molecular weight is 428 g/mol. The second-order valence-corrected chi connectivity index (χ2v) is 9.26. The van der Waals surface area contributed by atoms with Gasteiger partial charge in [0.1, 0.15) is 0 Å². The van der Waals surface area contributed by atoms with Crippen molar-refractivity contribution in [1.29, 1.82) is 0 Å². The Labute approximate surface area is 167 Å². The Kier molecular flexibility index (Phi) is 6.25. The molecule has 0 bridgehead atoms. The van der Waals surface area contributed by atoms with Gasteiger partial charge in [-0.25, -0.2) is 8.42 Å². The van der Waals surface area contributed by atoms with E-state index < -0.39 is 10.0 Å². The molecule has 1 amide bonds. The van der Waals surface area contributed by atoms with Crippen LogP contribution in [-0.4, -0.2) is 55.5 Å². The summed E-state index contributed by atoms with van der Waals surface area (Å²) in [5, 5.41) is 12.5. The Morgan fingerprint density at radius 3 is 2.41 bits per heavy atom. The summed E-state index contributed by atoms with van der Waals surface area (Å²) in [6.07, 6.45) is 1.38. The Hall–Kier alpha value is -1.81. The third-order valence-electron chi connectivity index (χ3n) is 4.17. The molecule has 27 heavy (non-hydrogen) atoms. The van der Waals surface area contributed by atoms with Gasteiger partial charge < -0.3 is 10.1 Å². The van der Waals surface area contributed by atoms with Crippen LogP contribution in [0.1, 0.15) is 0 Å². The molecule has 1 aromatic heterocycles. The molecule has 1 fully saturated rings. The number of thioether (sulfide) groups is 1. The maximum atomic E-state index is 12.7. The van der Waals surface area contributed by atoms with E-state index in [4.69, 9.17) is 11.6 Å². The van der Waals surface area contributed by atoms with Gasteiger partial charge in [0.05, 0.1) is 10.6 Å². The number of aromatic nitrogens is 1. The summed E-state index contributed by atoms with van der Waals surface area (Å²) in [6, 6.07) is 11.0. The van der Waals surface area contributed by atoms with Crippen molar-refractivity contribution < 1.29 is 17.9 Å². The van der Waals surface area contributed by atoms with Crippen LogP contribution in [0.25, 0.3) is 0 Å². The number of rotatable bonds is 5. The van der Waals surface area contributed by atoms with Crippen molar-refractivity contribution in [2.75, 3.05) is 31.9 Å². The van der Waals surface area contributed by atoms with Crippen molar-refractivity contribution in [2.45, 2.75) is 9.92 Å². The summed E-state index contributed by atoms with van der Waals surface area (Å²) in [5.41, 5.74) is 0. The highest BCUT2D eigenvalue weighted by molar-refractivity contribution is 7.99. The molecule has 0 N–H and O–H groups in total. The van der Waals surface area contributed by atoms with Gasteiger partial charge in [-0.2, -0.15) is 9.04 Å². The minimum atomic E-state index is -3.60. The molecule has 2 heterocycles. The maximum Gasteiger partial charge on any atom is 0.251 e. The Balaban J connectivity index is 1.56. The van der Waals surface area contributed by atoms with E-state index in [0.29, 0.717) is 27.9 Å². The van der Waals surface area contributed by atoms with Crippen molar-refractivity contribution in [2.24, 2.45) is 0 Å². The summed E-state index contributed by atoms with van der Waals surface area (Å²) in [5.74, 6) is 0.0170. The summed E-state index contributed by atoms with van der Waals surface area (Å²) < 4.78 is 27.4. The minimum absolute atomic E-state index is 0.118. The number of nitrogens with zero attached hydrogens (tertiary/aromatic N) is 3. The number of carbonyl (C=O) groups is 1. The number of halogens is 1. The predicted molar refractivity (Wildman–Crippen MR) is 103 cm³/mol. The number of benzene rings is 1. The standard InChI is InChI=1S/C17H18ClN3O4S2/c18-14-4-6-15(7-5-14)27(24,25)20-11-9-19(10-12-20)16(22)13-26-17-3-1-2-8-21(17)23/h1-8H,9-13H2. The molecule has 1 saturated heterocycles. The zero-order chi connectivity index (χ0) is 19.4. The number of hydrogen-bond acceptors (Lipinski definition) is 5. The van der Waals surface area contributed by atoms with Gasteiger partial charge in [0.15, 0.2) is 6.20 Å². The molecular formula is C17H18ClN3O4S2. The van der Waals surface area contributed by atoms with Crippen molar-refractivity contribution >= 4 is 39.3 Å². The fourth-order valence-corrected chi connectivity index (χ4v) is 5.05. The maximum absolute atomic E-state index is 12.7. The summed E-state index contributed by atoms with van der Waals surface area (Å²) in [7, 11) is -3.60. The predicted octanol–water partition coefficient (Wildman–Crippen LogP) is 1.60. The van der Waals surface area contributed by atoms with Gasteiger partial charge >= 0.3 is 0 Å². The van der Waals surface area contributed by atoms with E-state index in [2.05, 4.69) is 0 Å². The summed E-state index contributed by atoms with van der Waals surface area (Å²) in [6.45, 7) is 1.10. The molecule has 1 aromatic carbocycles. The Morgan fingerprint density at radius 2 is 1.78 bits per heavy atom. The SMILES string of the molecule is O=C(CSc1cccc[n+]1[O-])N1CCN(S(=O)(=O)c2ccc(Cl)cc2)CC1. The summed E-state index contributed by atoms with van der Waals surface area (Å²) in [4.78, 5) is 14.2. The summed E-state index contributed by atoms with van der Waals surface area (Å²) >= 11 is 6.98. The second-order valence-electron chi connectivity index (χ2n) is 5.89. The van der Waals surface area contributed by atoms with Crippen LogP contribution in [-0.2, 0) is 14.8 Å². The molecular weight excluding hydrogens is 410 g/mol. The highest BCUT2D eigenvalue weighted by atomic mass is 35.5. The lowest BCUT2D eigenvalue weighted by Crippen LogP contribution is -2.51. The van der Waals surface area contributed by atoms with Gasteiger partial charge in [0.25, 0.3) is 5.03 Å². The van der Waals surface area contributed by atoms with Crippen molar-refractivity contribution in [1.82, 2.24) is 9.21 Å². The van der Waals surface area contributed by atoms with Gasteiger partial charge in [-0.05, 0) is 42.1 Å². The fraction of sp³-hybridized carbons (Fsp3) is 0.294. The van der Waals surface area contributed by atoms with Crippen LogP contribution in [0.2, 0.25) is 5.02 Å². The van der Waals surface area contributed by atoms with E-state index in [1.807, 2.05) is 0 Å². The van der Waals surface area contributed by atoms with Gasteiger partial charge in [-0.1, -0.05) is 11.6 Å². The third-order valence-corrected chi connectivity index (χ3v) is 7.34. The van der Waals surface area contributed by atoms with E-state index in [0.717, 1.165) is 0 Å². The number of pyridine rings is 1. The first-order valence-electron chi connectivity index (χ1n) is 8.22. The van der Waals surface area contributed by atoms with E-state index >= 15 is 0 Å². The van der Waals surface area contributed by atoms with Crippen LogP contribution in [0.5, 0.6) is 0 Å². The molecule has 144 valence electrons. The van der Waals surface area contributed by atoms with Gasteiger partial charge in [0.2, 0.25) is 15.9 Å². The highest BCUT2D eigenvalue weighted by Gasteiger charge is 2.30. The highest BCUT2D eigenvalue weighted by Crippen LogP contribution is 2.20. The van der Waals surface area contributed by atoms with E-state index in [9.17, 15) is 18.4 Å². The number of sulfonamides is 1. The Morgan fingerprint density at radius 1 is 1.11 bits per heavy atom. The van der Waals surface area contributed by atoms with Crippen LogP contribution in [0.3, 0.4) is 0 Å².